The Balaban J connectivity index is 1.58. The number of benzene rings is 2. The number of hydrogen-bond donors (Lipinski definition) is 3. The van der Waals surface area contributed by atoms with Gasteiger partial charge in [-0.3, -0.25) is 14.5 Å². The molecule has 0 fully saturated rings. The van der Waals surface area contributed by atoms with E-state index in [-0.39, 0.29) is 24.6 Å². The Kier molecular flexibility index (Phi) is 6.77. The van der Waals surface area contributed by atoms with Gasteiger partial charge in [-0.1, -0.05) is 6.07 Å². The van der Waals surface area contributed by atoms with Crippen molar-refractivity contribution in [3.63, 3.8) is 0 Å². The number of ether oxygens (including phenoxy) is 1. The number of amides is 1. The second-order valence-corrected chi connectivity index (χ2v) is 6.60. The molecule has 0 aliphatic heterocycles. The molecule has 0 saturated heterocycles. The van der Waals surface area contributed by atoms with E-state index in [0.717, 1.165) is 5.56 Å². The highest BCUT2D eigenvalue weighted by atomic mass is 32.1. The van der Waals surface area contributed by atoms with Crippen molar-refractivity contribution in [1.29, 1.82) is 5.26 Å². The molecule has 0 bridgehead atoms. The number of nitriles is 1. The van der Waals surface area contributed by atoms with Crippen LogP contribution in [0.15, 0.2) is 42.5 Å². The summed E-state index contributed by atoms with van der Waals surface area (Å²) in [6.45, 7) is 0.593. The fraction of sp³-hybridized carbons (Fsp3) is 0.200. The van der Waals surface area contributed by atoms with E-state index in [9.17, 15) is 9.18 Å². The van der Waals surface area contributed by atoms with Crippen LogP contribution >= 0.6 is 12.2 Å². The van der Waals surface area contributed by atoms with Gasteiger partial charge in [-0.15, -0.1) is 0 Å². The highest BCUT2D eigenvalue weighted by Crippen LogP contribution is 2.21. The van der Waals surface area contributed by atoms with Crippen LogP contribution in [0.25, 0.3) is 11.4 Å². The molecule has 30 heavy (non-hydrogen) atoms. The van der Waals surface area contributed by atoms with Crippen molar-refractivity contribution in [2.45, 2.75) is 6.54 Å². The Morgan fingerprint density at radius 3 is 2.77 bits per heavy atom. The number of anilines is 1. The van der Waals surface area contributed by atoms with Gasteiger partial charge in [0.1, 0.15) is 29.7 Å². The van der Waals surface area contributed by atoms with Crippen LogP contribution in [0.5, 0.6) is 5.75 Å². The molecule has 0 unspecified atom stereocenters. The van der Waals surface area contributed by atoms with Crippen LogP contribution < -0.4 is 15.4 Å². The van der Waals surface area contributed by atoms with Crippen LogP contribution in [0, 0.1) is 21.9 Å². The lowest BCUT2D eigenvalue weighted by atomic mass is 10.2. The van der Waals surface area contributed by atoms with Crippen LogP contribution in [0.1, 0.15) is 5.56 Å². The molecule has 154 valence electrons. The van der Waals surface area contributed by atoms with Crippen LogP contribution in [0.2, 0.25) is 0 Å². The van der Waals surface area contributed by atoms with Gasteiger partial charge in [0.15, 0.2) is 10.6 Å². The average molecular weight is 426 g/mol. The van der Waals surface area contributed by atoms with Crippen LogP contribution in [0.3, 0.4) is 0 Å². The summed E-state index contributed by atoms with van der Waals surface area (Å²) in [7, 11) is 1.58. The number of carbonyl (C=O) groups is 1. The van der Waals surface area contributed by atoms with Crippen molar-refractivity contribution in [2.24, 2.45) is 0 Å². The number of carbonyl (C=O) groups excluding carboxylic acids is 1. The van der Waals surface area contributed by atoms with Gasteiger partial charge >= 0.3 is 0 Å². The lowest BCUT2D eigenvalue weighted by Crippen LogP contribution is -2.32. The second-order valence-electron chi connectivity index (χ2n) is 6.22. The molecule has 10 heteroatoms. The highest BCUT2D eigenvalue weighted by molar-refractivity contribution is 7.71. The van der Waals surface area contributed by atoms with Gasteiger partial charge in [0, 0.05) is 18.7 Å². The lowest BCUT2D eigenvalue weighted by Gasteiger charge is -2.11. The summed E-state index contributed by atoms with van der Waals surface area (Å²) >= 11 is 5.24. The lowest BCUT2D eigenvalue weighted by molar-refractivity contribution is -0.121. The van der Waals surface area contributed by atoms with Crippen LogP contribution in [0.4, 0.5) is 10.1 Å². The molecule has 3 N–H and O–H groups in total. The molecule has 0 atom stereocenters. The molecule has 0 aliphatic carbocycles. The maximum Gasteiger partial charge on any atom is 0.240 e. The maximum absolute atomic E-state index is 13.6. The van der Waals surface area contributed by atoms with E-state index in [1.54, 1.807) is 29.9 Å². The topological polar surface area (TPSA) is 108 Å². The summed E-state index contributed by atoms with van der Waals surface area (Å²) < 4.78 is 20.7. The smallest absolute Gasteiger partial charge is 0.240 e. The normalized spacial score (nSPS) is 10.3. The Hall–Kier alpha value is -3.71. The molecule has 2 aromatic carbocycles. The van der Waals surface area contributed by atoms with Crippen molar-refractivity contribution in [3.8, 4) is 23.2 Å². The maximum atomic E-state index is 13.6. The third-order valence-electron chi connectivity index (χ3n) is 4.30. The molecule has 3 aromatic rings. The number of H-pyrrole nitrogens is 1. The number of rotatable bonds is 8. The fourth-order valence-electron chi connectivity index (χ4n) is 2.81. The van der Waals surface area contributed by atoms with E-state index in [1.807, 2.05) is 18.2 Å². The zero-order valence-electron chi connectivity index (χ0n) is 16.1. The van der Waals surface area contributed by atoms with Gasteiger partial charge in [-0.2, -0.15) is 10.4 Å². The number of nitrogens with one attached hydrogen (secondary N) is 3. The first kappa shape index (κ1) is 21.0. The van der Waals surface area contributed by atoms with Crippen LogP contribution in [-0.2, 0) is 11.3 Å². The quantitative estimate of drug-likeness (QED) is 0.378. The van der Waals surface area contributed by atoms with E-state index < -0.39 is 5.82 Å². The molecule has 1 aromatic heterocycles. The molecular formula is C20H19FN6O2S. The molecule has 0 spiro atoms. The van der Waals surface area contributed by atoms with Crippen molar-refractivity contribution >= 4 is 23.8 Å². The highest BCUT2D eigenvalue weighted by Gasteiger charge is 2.13. The standard InChI is InChI=1S/C20H19FN6O2S/c1-29-14-7-5-13(6-8-14)19-25-26-20(30)27(19)12-18(28)24-10-9-23-17-4-2-3-16(21)15(17)11-22/h2-8,23H,9-10,12H2,1H3,(H,24,28)(H,26,30). The van der Waals surface area contributed by atoms with E-state index in [4.69, 9.17) is 22.2 Å². The van der Waals surface area contributed by atoms with Crippen LogP contribution in [-0.4, -0.2) is 40.9 Å². The van der Waals surface area contributed by atoms with Gasteiger partial charge in [-0.05, 0) is 48.6 Å². The van der Waals surface area contributed by atoms with Crippen molar-refractivity contribution in [2.75, 3.05) is 25.5 Å². The predicted octanol–water partition coefficient (Wildman–Crippen LogP) is 2.86. The third kappa shape index (κ3) is 4.82. The molecule has 3 rings (SSSR count). The number of methoxy groups -OCH3 is 1. The zero-order valence-corrected chi connectivity index (χ0v) is 16.9. The third-order valence-corrected chi connectivity index (χ3v) is 4.61. The average Bonchev–Trinajstić information content (AvgIpc) is 3.11. The summed E-state index contributed by atoms with van der Waals surface area (Å²) in [5.74, 6) is 0.396. The minimum Gasteiger partial charge on any atom is -0.497 e. The Labute approximate surface area is 177 Å². The molecule has 0 saturated carbocycles. The molecular weight excluding hydrogens is 407 g/mol. The van der Waals surface area contributed by atoms with E-state index >= 15 is 0 Å². The first-order valence-electron chi connectivity index (χ1n) is 9.02. The van der Waals surface area contributed by atoms with Gasteiger partial charge in [0.05, 0.1) is 12.8 Å². The molecule has 8 nitrogen and oxygen atoms in total. The summed E-state index contributed by atoms with van der Waals surface area (Å²) in [6, 6.07) is 13.4. The number of hydrogen-bond acceptors (Lipinski definition) is 6. The monoisotopic (exact) mass is 426 g/mol. The summed E-state index contributed by atoms with van der Waals surface area (Å²) in [5.41, 5.74) is 1.11. The van der Waals surface area contributed by atoms with E-state index in [0.29, 0.717) is 28.6 Å². The first-order chi connectivity index (χ1) is 14.5. The minimum absolute atomic E-state index is 0.0138. The van der Waals surface area contributed by atoms with E-state index in [1.165, 1.54) is 12.1 Å². The van der Waals surface area contributed by atoms with Gasteiger partial charge in [0.25, 0.3) is 0 Å². The Morgan fingerprint density at radius 1 is 1.30 bits per heavy atom. The molecule has 1 amide bonds. The largest absolute Gasteiger partial charge is 0.497 e. The summed E-state index contributed by atoms with van der Waals surface area (Å²) in [6.07, 6.45) is 0. The number of aromatic nitrogens is 3. The predicted molar refractivity (Wildman–Crippen MR) is 112 cm³/mol. The number of aromatic amines is 1. The van der Waals surface area contributed by atoms with Crippen molar-refractivity contribution < 1.29 is 13.9 Å². The Bertz CT molecular complexity index is 1130. The van der Waals surface area contributed by atoms with Gasteiger partial charge < -0.3 is 15.4 Å². The van der Waals surface area contributed by atoms with Gasteiger partial charge in [0.2, 0.25) is 5.91 Å². The SMILES string of the molecule is COc1ccc(-c2n[nH]c(=S)n2CC(=O)NCCNc2cccc(F)c2C#N)cc1. The van der Waals surface area contributed by atoms with Crippen molar-refractivity contribution in [3.05, 3.63) is 58.6 Å². The molecule has 0 radical (unpaired) electrons. The number of nitrogens with zero attached hydrogens (tertiary/aromatic N) is 3. The Morgan fingerprint density at radius 2 is 2.07 bits per heavy atom. The minimum atomic E-state index is -0.591. The summed E-state index contributed by atoms with van der Waals surface area (Å²) in [4.78, 5) is 12.4. The summed E-state index contributed by atoms with van der Waals surface area (Å²) in [5, 5.41) is 21.6. The van der Waals surface area contributed by atoms with Gasteiger partial charge in [-0.25, -0.2) is 4.39 Å². The molecule has 1 heterocycles. The van der Waals surface area contributed by atoms with Crippen molar-refractivity contribution in [1.82, 2.24) is 20.1 Å². The first-order valence-corrected chi connectivity index (χ1v) is 9.43. The zero-order chi connectivity index (χ0) is 21.5. The van der Waals surface area contributed by atoms with E-state index in [2.05, 4.69) is 20.8 Å². The number of halogens is 1. The second kappa shape index (κ2) is 9.67. The molecule has 0 aliphatic rings. The fourth-order valence-corrected chi connectivity index (χ4v) is 3.01.